The Balaban J connectivity index is 2.79. The molecule has 0 aliphatic rings. The molecule has 0 bridgehead atoms. The van der Waals surface area contributed by atoms with E-state index < -0.39 is 22.0 Å². The van der Waals surface area contributed by atoms with Crippen LogP contribution in [0.5, 0.6) is 0 Å². The fourth-order valence-electron chi connectivity index (χ4n) is 1.01. The predicted molar refractivity (Wildman–Crippen MR) is 69.3 cm³/mol. The molecule has 0 saturated carbocycles. The van der Waals surface area contributed by atoms with Crippen molar-refractivity contribution in [1.82, 2.24) is 4.98 Å². The molecule has 1 atom stereocenters. The highest BCUT2D eigenvalue weighted by atomic mass is 32.2. The second-order valence-electron chi connectivity index (χ2n) is 4.96. The van der Waals surface area contributed by atoms with E-state index in [0.717, 1.165) is 6.92 Å². The maximum atomic E-state index is 12.9. The van der Waals surface area contributed by atoms with Crippen LogP contribution in [-0.2, 0) is 17.3 Å². The normalized spacial score (nSPS) is 15.1. The number of nitrogens with zero attached hydrogens (tertiary/aromatic N) is 2. The Hall–Kier alpha value is -1.01. The summed E-state index contributed by atoms with van der Waals surface area (Å²) in [7, 11) is 0. The van der Waals surface area contributed by atoms with E-state index in [1.807, 2.05) is 0 Å². The molecule has 0 saturated heterocycles. The molecule has 0 aliphatic carbocycles. The third kappa shape index (κ3) is 4.34. The van der Waals surface area contributed by atoms with E-state index in [9.17, 15) is 13.3 Å². The van der Waals surface area contributed by atoms with Crippen molar-refractivity contribution in [3.8, 4) is 0 Å². The lowest BCUT2D eigenvalue weighted by atomic mass is 10.2. The highest BCUT2D eigenvalue weighted by Crippen LogP contribution is 2.24. The van der Waals surface area contributed by atoms with Gasteiger partial charge < -0.3 is 4.55 Å². The van der Waals surface area contributed by atoms with Crippen molar-refractivity contribution in [3.63, 3.8) is 0 Å². The third-order valence-corrected chi connectivity index (χ3v) is 3.40. The molecule has 0 spiro atoms. The molecule has 18 heavy (non-hydrogen) atoms. The molecule has 1 heterocycles. The van der Waals surface area contributed by atoms with Crippen LogP contribution in [0, 0.1) is 0 Å². The third-order valence-electron chi connectivity index (χ3n) is 2.06. The van der Waals surface area contributed by atoms with E-state index in [-0.39, 0.29) is 5.69 Å². The van der Waals surface area contributed by atoms with Gasteiger partial charge in [-0.25, -0.2) is 0 Å². The number of hydrogen-bond donors (Lipinski definition) is 0. The lowest BCUT2D eigenvalue weighted by Gasteiger charge is -2.17. The largest absolute Gasteiger partial charge is 0.591 e. The second-order valence-corrected chi connectivity index (χ2v) is 6.90. The summed E-state index contributed by atoms with van der Waals surface area (Å²) >= 11 is -1.37. The van der Waals surface area contributed by atoms with Crippen molar-refractivity contribution in [3.05, 3.63) is 29.6 Å². The molecule has 0 N–H and O–H groups in total. The first kappa shape index (κ1) is 15.0. The first-order valence-electron chi connectivity index (χ1n) is 5.41. The summed E-state index contributed by atoms with van der Waals surface area (Å²) in [4.78, 5) is 3.65. The highest BCUT2D eigenvalue weighted by molar-refractivity contribution is 7.91. The Morgan fingerprint density at radius 2 is 1.89 bits per heavy atom. The minimum Gasteiger partial charge on any atom is -0.591 e. The number of hydrogen-bond acceptors (Lipinski definition) is 3. The average molecular weight is 274 g/mol. The van der Waals surface area contributed by atoms with Gasteiger partial charge in [0.05, 0.1) is 6.21 Å². The number of halogens is 2. The van der Waals surface area contributed by atoms with Crippen molar-refractivity contribution in [2.24, 2.45) is 4.40 Å². The predicted octanol–water partition coefficient (Wildman–Crippen LogP) is 3.07. The zero-order valence-electron chi connectivity index (χ0n) is 10.8. The fourth-order valence-corrected chi connectivity index (χ4v) is 1.54. The average Bonchev–Trinajstić information content (AvgIpc) is 2.24. The van der Waals surface area contributed by atoms with Crippen LogP contribution in [0.15, 0.2) is 22.7 Å². The van der Waals surface area contributed by atoms with Gasteiger partial charge in [-0.3, -0.25) is 4.98 Å². The van der Waals surface area contributed by atoms with Crippen LogP contribution in [0.25, 0.3) is 0 Å². The molecule has 0 aromatic carbocycles. The van der Waals surface area contributed by atoms with E-state index in [0.29, 0.717) is 5.56 Å². The molecule has 1 rings (SSSR count). The molecule has 100 valence electrons. The summed E-state index contributed by atoms with van der Waals surface area (Å²) in [5, 5.41) is 0. The van der Waals surface area contributed by atoms with Crippen LogP contribution in [-0.4, -0.2) is 20.5 Å². The molecule has 3 nitrogen and oxygen atoms in total. The minimum absolute atomic E-state index is 0.295. The minimum atomic E-state index is -2.95. The lowest BCUT2D eigenvalue weighted by Crippen LogP contribution is -2.25. The molecule has 0 amide bonds. The quantitative estimate of drug-likeness (QED) is 0.628. The monoisotopic (exact) mass is 274 g/mol. The molecular weight excluding hydrogens is 258 g/mol. The zero-order chi connectivity index (χ0) is 14.0. The van der Waals surface area contributed by atoms with E-state index >= 15 is 0 Å². The van der Waals surface area contributed by atoms with Crippen molar-refractivity contribution < 1.29 is 13.3 Å². The second kappa shape index (κ2) is 5.32. The van der Waals surface area contributed by atoms with E-state index in [2.05, 4.69) is 9.38 Å². The van der Waals surface area contributed by atoms with Crippen molar-refractivity contribution in [2.45, 2.75) is 38.4 Å². The van der Waals surface area contributed by atoms with Crippen LogP contribution < -0.4 is 0 Å². The molecule has 0 unspecified atom stereocenters. The van der Waals surface area contributed by atoms with Gasteiger partial charge in [-0.1, -0.05) is 4.40 Å². The van der Waals surface area contributed by atoms with E-state index in [1.165, 1.54) is 24.5 Å². The Bertz CT molecular complexity index is 421. The van der Waals surface area contributed by atoms with Gasteiger partial charge in [-0.2, -0.15) is 8.78 Å². The molecule has 6 heteroatoms. The fraction of sp³-hybridized carbons (Fsp3) is 0.500. The summed E-state index contributed by atoms with van der Waals surface area (Å²) < 4.78 is 40.9. The summed E-state index contributed by atoms with van der Waals surface area (Å²) in [6.07, 6.45) is 2.67. The topological polar surface area (TPSA) is 48.3 Å². The van der Waals surface area contributed by atoms with Gasteiger partial charge in [0.15, 0.2) is 0 Å². The van der Waals surface area contributed by atoms with Crippen LogP contribution in [0.1, 0.15) is 39.0 Å². The van der Waals surface area contributed by atoms with Crippen molar-refractivity contribution in [2.75, 3.05) is 0 Å². The maximum absolute atomic E-state index is 12.9. The molecule has 0 fully saturated rings. The first-order valence-corrected chi connectivity index (χ1v) is 6.52. The molecule has 1 aromatic heterocycles. The lowest BCUT2D eigenvalue weighted by molar-refractivity contribution is 0.0128. The van der Waals surface area contributed by atoms with Gasteiger partial charge >= 0.3 is 0 Å². The highest BCUT2D eigenvalue weighted by Gasteiger charge is 2.26. The van der Waals surface area contributed by atoms with Crippen LogP contribution in [0.3, 0.4) is 0 Å². The van der Waals surface area contributed by atoms with Gasteiger partial charge in [0.1, 0.15) is 21.8 Å². The number of rotatable bonds is 3. The zero-order valence-corrected chi connectivity index (χ0v) is 11.6. The number of pyridine rings is 1. The van der Waals surface area contributed by atoms with Crippen LogP contribution in [0.2, 0.25) is 0 Å². The standard InChI is InChI=1S/C12H16F2N2OS/c1-11(2,3)18(17)16-8-9-5-6-10(15-7-9)12(4,13)14/h5-8H,1-4H3/b16-8+/t18-/m1/s1. The van der Waals surface area contributed by atoms with Crippen molar-refractivity contribution >= 4 is 17.6 Å². The summed E-state index contributed by atoms with van der Waals surface area (Å²) in [6, 6.07) is 2.71. The first-order chi connectivity index (χ1) is 8.10. The Labute approximate surface area is 109 Å². The van der Waals surface area contributed by atoms with E-state index in [1.54, 1.807) is 20.8 Å². The smallest absolute Gasteiger partial charge is 0.286 e. The summed E-state index contributed by atoms with van der Waals surface area (Å²) in [5.74, 6) is -2.95. The number of alkyl halides is 2. The van der Waals surface area contributed by atoms with Gasteiger partial charge in [0.2, 0.25) is 0 Å². The van der Waals surface area contributed by atoms with Crippen LogP contribution >= 0.6 is 0 Å². The SMILES string of the molecule is CC(F)(F)c1ccc(/C=N/[S@+]([O-])C(C)(C)C)cn1. The molecule has 0 radical (unpaired) electrons. The van der Waals surface area contributed by atoms with Gasteiger partial charge in [-0.15, -0.1) is 0 Å². The molecular formula is C12H16F2N2OS. The van der Waals surface area contributed by atoms with Gasteiger partial charge in [0.25, 0.3) is 5.92 Å². The Morgan fingerprint density at radius 3 is 2.28 bits per heavy atom. The maximum Gasteiger partial charge on any atom is 0.286 e. The van der Waals surface area contributed by atoms with E-state index in [4.69, 9.17) is 0 Å². The molecule has 1 aromatic rings. The van der Waals surface area contributed by atoms with Gasteiger partial charge in [0, 0.05) is 18.7 Å². The summed E-state index contributed by atoms with van der Waals surface area (Å²) in [5.41, 5.74) is 0.247. The van der Waals surface area contributed by atoms with Gasteiger partial charge in [-0.05, 0) is 32.9 Å². The Kier molecular flexibility index (Phi) is 4.45. The summed E-state index contributed by atoms with van der Waals surface area (Å²) in [6.45, 7) is 6.20. The van der Waals surface area contributed by atoms with Crippen LogP contribution in [0.4, 0.5) is 8.78 Å². The molecule has 0 aliphatic heterocycles. The Morgan fingerprint density at radius 1 is 1.28 bits per heavy atom. The van der Waals surface area contributed by atoms with Crippen molar-refractivity contribution in [1.29, 1.82) is 0 Å². The number of aromatic nitrogens is 1.